The molecule has 32 heavy (non-hydrogen) atoms. The van der Waals surface area contributed by atoms with Gasteiger partial charge in [0.05, 0.1) is 16.4 Å². The van der Waals surface area contributed by atoms with Crippen LogP contribution in [0.15, 0.2) is 72.4 Å². The summed E-state index contributed by atoms with van der Waals surface area (Å²) in [5.41, 5.74) is 3.86. The third kappa shape index (κ3) is 6.31. The Kier molecular flexibility index (Phi) is 7.34. The van der Waals surface area contributed by atoms with E-state index in [2.05, 4.69) is 15.6 Å². The number of alkyl carbamates (subject to hydrolysis) is 2. The fraction of sp³-hybridized carbons (Fsp3) is 0.292. The number of carbonyl (C=O) groups excluding carboxylic acids is 2. The van der Waals surface area contributed by atoms with Gasteiger partial charge in [0.25, 0.3) is 0 Å². The molecule has 2 amide bonds. The SMILES string of the molecule is O=C(N[C@@H](Cc1ccccc1)[C@@H]1C[C@H](Cc2ccccc2)NC(=O)O1)OCc1cncs1. The van der Waals surface area contributed by atoms with Gasteiger partial charge in [-0.3, -0.25) is 4.98 Å². The van der Waals surface area contributed by atoms with Gasteiger partial charge < -0.3 is 20.1 Å². The smallest absolute Gasteiger partial charge is 0.407 e. The molecule has 8 heteroatoms. The summed E-state index contributed by atoms with van der Waals surface area (Å²) in [7, 11) is 0. The molecule has 1 saturated heterocycles. The standard InChI is InChI=1S/C24H25N3O4S/c28-23(30-15-20-14-25-16-32-20)27-21(12-18-9-5-2-6-10-18)22-13-19(26-24(29)31-22)11-17-7-3-1-4-8-17/h1-10,14,16,19,21-22H,11-13,15H2,(H,26,29)(H,27,28)/t19-,21-,22-/m0/s1. The van der Waals surface area contributed by atoms with Gasteiger partial charge in [0.2, 0.25) is 0 Å². The second-order valence-corrected chi connectivity index (χ2v) is 8.67. The third-order valence-corrected chi connectivity index (χ3v) is 6.05. The summed E-state index contributed by atoms with van der Waals surface area (Å²) in [5.74, 6) is 0. The summed E-state index contributed by atoms with van der Waals surface area (Å²) >= 11 is 1.42. The van der Waals surface area contributed by atoms with Crippen LogP contribution < -0.4 is 10.6 Å². The fourth-order valence-corrected chi connectivity index (χ4v) is 4.30. The Morgan fingerprint density at radius 2 is 1.88 bits per heavy atom. The molecular weight excluding hydrogens is 426 g/mol. The minimum atomic E-state index is -0.548. The lowest BCUT2D eigenvalue weighted by molar-refractivity contribution is 0.0342. The van der Waals surface area contributed by atoms with Gasteiger partial charge >= 0.3 is 12.2 Å². The predicted octanol–water partition coefficient (Wildman–Crippen LogP) is 4.09. The van der Waals surface area contributed by atoms with E-state index >= 15 is 0 Å². The van der Waals surface area contributed by atoms with E-state index in [9.17, 15) is 9.59 Å². The van der Waals surface area contributed by atoms with E-state index in [0.717, 1.165) is 16.0 Å². The van der Waals surface area contributed by atoms with Crippen molar-refractivity contribution < 1.29 is 19.1 Å². The number of rotatable bonds is 8. The van der Waals surface area contributed by atoms with Crippen molar-refractivity contribution in [1.29, 1.82) is 0 Å². The van der Waals surface area contributed by atoms with Crippen LogP contribution in [0.1, 0.15) is 22.4 Å². The van der Waals surface area contributed by atoms with Crippen molar-refractivity contribution in [3.63, 3.8) is 0 Å². The zero-order valence-corrected chi connectivity index (χ0v) is 18.3. The molecule has 3 atom stereocenters. The number of aromatic nitrogens is 1. The van der Waals surface area contributed by atoms with Crippen LogP contribution >= 0.6 is 11.3 Å². The minimum Gasteiger partial charge on any atom is -0.444 e. The Labute approximate surface area is 190 Å². The van der Waals surface area contributed by atoms with E-state index < -0.39 is 24.3 Å². The lowest BCUT2D eigenvalue weighted by atomic mass is 9.93. The van der Waals surface area contributed by atoms with Gasteiger partial charge in [0.1, 0.15) is 12.7 Å². The Bertz CT molecular complexity index is 999. The number of ether oxygens (including phenoxy) is 2. The molecule has 166 valence electrons. The highest BCUT2D eigenvalue weighted by Gasteiger charge is 2.35. The number of nitrogens with one attached hydrogen (secondary N) is 2. The van der Waals surface area contributed by atoms with Crippen LogP contribution in [0, 0.1) is 0 Å². The molecule has 0 spiro atoms. The highest BCUT2D eigenvalue weighted by molar-refractivity contribution is 7.09. The number of hydrogen-bond acceptors (Lipinski definition) is 6. The van der Waals surface area contributed by atoms with Crippen LogP contribution in [0.3, 0.4) is 0 Å². The van der Waals surface area contributed by atoms with Gasteiger partial charge in [0.15, 0.2) is 0 Å². The van der Waals surface area contributed by atoms with E-state index in [0.29, 0.717) is 19.3 Å². The molecule has 2 aromatic carbocycles. The lowest BCUT2D eigenvalue weighted by Gasteiger charge is -2.35. The van der Waals surface area contributed by atoms with E-state index in [1.807, 2.05) is 60.7 Å². The quantitative estimate of drug-likeness (QED) is 0.538. The number of amides is 2. The Balaban J connectivity index is 1.44. The molecule has 1 aliphatic heterocycles. The molecule has 7 nitrogen and oxygen atoms in total. The number of carbonyl (C=O) groups is 2. The first-order chi connectivity index (χ1) is 15.7. The molecule has 4 rings (SSSR count). The normalized spacial score (nSPS) is 18.8. The fourth-order valence-electron chi connectivity index (χ4n) is 3.79. The maximum Gasteiger partial charge on any atom is 0.407 e. The molecule has 2 heterocycles. The molecule has 0 aliphatic carbocycles. The summed E-state index contributed by atoms with van der Waals surface area (Å²) in [6.07, 6.45) is 1.96. The maximum absolute atomic E-state index is 12.5. The molecule has 2 N–H and O–H groups in total. The van der Waals surface area contributed by atoms with E-state index in [4.69, 9.17) is 9.47 Å². The molecule has 0 saturated carbocycles. The van der Waals surface area contributed by atoms with Crippen LogP contribution in [-0.2, 0) is 28.9 Å². The van der Waals surface area contributed by atoms with E-state index in [1.54, 1.807) is 11.7 Å². The average Bonchev–Trinajstić information content (AvgIpc) is 3.32. The predicted molar refractivity (Wildman–Crippen MR) is 121 cm³/mol. The van der Waals surface area contributed by atoms with E-state index in [1.165, 1.54) is 11.3 Å². The molecule has 1 aliphatic rings. The largest absolute Gasteiger partial charge is 0.444 e. The van der Waals surface area contributed by atoms with Crippen molar-refractivity contribution in [2.75, 3.05) is 0 Å². The number of benzene rings is 2. The first-order valence-corrected chi connectivity index (χ1v) is 11.4. The van der Waals surface area contributed by atoms with Gasteiger partial charge in [0, 0.05) is 18.7 Å². The molecule has 1 fully saturated rings. The van der Waals surface area contributed by atoms with Crippen molar-refractivity contribution in [3.8, 4) is 0 Å². The second-order valence-electron chi connectivity index (χ2n) is 7.69. The maximum atomic E-state index is 12.5. The average molecular weight is 452 g/mol. The zero-order valence-electron chi connectivity index (χ0n) is 17.5. The number of cyclic esters (lactones) is 1. The third-order valence-electron chi connectivity index (χ3n) is 5.30. The van der Waals surface area contributed by atoms with Crippen molar-refractivity contribution >= 4 is 23.5 Å². The van der Waals surface area contributed by atoms with Gasteiger partial charge in [-0.15, -0.1) is 11.3 Å². The number of thiazole rings is 1. The van der Waals surface area contributed by atoms with Gasteiger partial charge in [-0.1, -0.05) is 60.7 Å². The molecule has 3 aromatic rings. The summed E-state index contributed by atoms with van der Waals surface area (Å²) in [5, 5.41) is 5.82. The monoisotopic (exact) mass is 451 g/mol. The van der Waals surface area contributed by atoms with Crippen LogP contribution in [0.2, 0.25) is 0 Å². The van der Waals surface area contributed by atoms with Crippen molar-refractivity contribution in [1.82, 2.24) is 15.6 Å². The van der Waals surface area contributed by atoms with Gasteiger partial charge in [-0.2, -0.15) is 0 Å². The van der Waals surface area contributed by atoms with Crippen molar-refractivity contribution in [3.05, 3.63) is 88.4 Å². The van der Waals surface area contributed by atoms with Crippen molar-refractivity contribution in [2.45, 2.75) is 44.1 Å². The van der Waals surface area contributed by atoms with Gasteiger partial charge in [-0.05, 0) is 24.0 Å². The summed E-state index contributed by atoms with van der Waals surface area (Å²) in [6, 6.07) is 19.3. The Morgan fingerprint density at radius 3 is 2.56 bits per heavy atom. The number of nitrogens with zero attached hydrogens (tertiary/aromatic N) is 1. The first kappa shape index (κ1) is 21.8. The van der Waals surface area contributed by atoms with E-state index in [-0.39, 0.29) is 12.6 Å². The van der Waals surface area contributed by atoms with Crippen LogP contribution in [0.5, 0.6) is 0 Å². The summed E-state index contributed by atoms with van der Waals surface area (Å²) in [4.78, 5) is 29.7. The van der Waals surface area contributed by atoms with Crippen LogP contribution in [0.4, 0.5) is 9.59 Å². The molecule has 0 unspecified atom stereocenters. The lowest BCUT2D eigenvalue weighted by Crippen LogP contribution is -2.55. The summed E-state index contributed by atoms with van der Waals surface area (Å²) < 4.78 is 11.0. The second kappa shape index (κ2) is 10.8. The van der Waals surface area contributed by atoms with Gasteiger partial charge in [-0.25, -0.2) is 9.59 Å². The van der Waals surface area contributed by atoms with Crippen molar-refractivity contribution in [2.24, 2.45) is 0 Å². The highest BCUT2D eigenvalue weighted by Crippen LogP contribution is 2.20. The molecule has 0 radical (unpaired) electrons. The minimum absolute atomic E-state index is 0.0862. The Hall–Kier alpha value is -3.39. The summed E-state index contributed by atoms with van der Waals surface area (Å²) in [6.45, 7) is 0.150. The topological polar surface area (TPSA) is 89.6 Å². The first-order valence-electron chi connectivity index (χ1n) is 10.5. The molecule has 0 bridgehead atoms. The van der Waals surface area contributed by atoms with Crippen LogP contribution in [-0.4, -0.2) is 35.4 Å². The molecular formula is C24H25N3O4S. The number of hydrogen-bond donors (Lipinski definition) is 2. The zero-order chi connectivity index (χ0) is 22.2. The molecule has 1 aromatic heterocycles. The Morgan fingerprint density at radius 1 is 1.16 bits per heavy atom. The highest BCUT2D eigenvalue weighted by atomic mass is 32.1. The van der Waals surface area contributed by atoms with Crippen LogP contribution in [0.25, 0.3) is 0 Å².